The van der Waals surface area contributed by atoms with Gasteiger partial charge in [-0.2, -0.15) is 13.5 Å². The molecule has 0 aliphatic heterocycles. The van der Waals surface area contributed by atoms with E-state index in [4.69, 9.17) is 0 Å². The molecule has 106 valence electrons. The highest BCUT2D eigenvalue weighted by molar-refractivity contribution is 7.92. The first-order valence-corrected chi connectivity index (χ1v) is 7.41. The topological polar surface area (TPSA) is 104 Å². The van der Waals surface area contributed by atoms with Crippen LogP contribution in [0, 0.1) is 0 Å². The zero-order chi connectivity index (χ0) is 14.6. The summed E-state index contributed by atoms with van der Waals surface area (Å²) >= 11 is 0. The van der Waals surface area contributed by atoms with Crippen molar-refractivity contribution >= 4 is 21.6 Å². The van der Waals surface area contributed by atoms with E-state index in [1.807, 2.05) is 6.92 Å². The molecule has 0 aliphatic carbocycles. The highest BCUT2D eigenvalue weighted by atomic mass is 32.2. The van der Waals surface area contributed by atoms with Gasteiger partial charge >= 0.3 is 0 Å². The van der Waals surface area contributed by atoms with Crippen LogP contribution in [0.15, 0.2) is 41.6 Å². The van der Waals surface area contributed by atoms with Crippen molar-refractivity contribution in [2.45, 2.75) is 11.9 Å². The number of H-pyrrole nitrogens is 1. The highest BCUT2D eigenvalue weighted by Crippen LogP contribution is 2.14. The predicted molar refractivity (Wildman–Crippen MR) is 73.8 cm³/mol. The van der Waals surface area contributed by atoms with Crippen molar-refractivity contribution in [2.24, 2.45) is 0 Å². The van der Waals surface area contributed by atoms with Gasteiger partial charge in [0.05, 0.1) is 6.20 Å². The Morgan fingerprint density at radius 3 is 2.50 bits per heavy atom. The van der Waals surface area contributed by atoms with Gasteiger partial charge in [-0.25, -0.2) is 0 Å². The van der Waals surface area contributed by atoms with Gasteiger partial charge in [0.15, 0.2) is 5.03 Å². The third kappa shape index (κ3) is 3.15. The van der Waals surface area contributed by atoms with E-state index >= 15 is 0 Å². The summed E-state index contributed by atoms with van der Waals surface area (Å²) in [5, 5.41) is 8.61. The lowest BCUT2D eigenvalue weighted by Crippen LogP contribution is -2.22. The number of hydrogen-bond donors (Lipinski definition) is 3. The number of anilines is 1. The number of aromatic nitrogens is 2. The Balaban J connectivity index is 2.14. The maximum Gasteiger partial charge on any atom is 0.278 e. The molecule has 0 atom stereocenters. The lowest BCUT2D eigenvalue weighted by atomic mass is 10.2. The molecule has 0 saturated heterocycles. The molecule has 0 radical (unpaired) electrons. The Kier molecular flexibility index (Phi) is 4.04. The number of carbonyl (C=O) groups excluding carboxylic acids is 1. The minimum absolute atomic E-state index is 0.0229. The van der Waals surface area contributed by atoms with Gasteiger partial charge in [-0.15, -0.1) is 0 Å². The van der Waals surface area contributed by atoms with Crippen LogP contribution in [0.2, 0.25) is 0 Å². The molecule has 0 saturated carbocycles. The Morgan fingerprint density at radius 2 is 1.95 bits per heavy atom. The minimum atomic E-state index is -3.68. The van der Waals surface area contributed by atoms with Gasteiger partial charge in [0.25, 0.3) is 15.9 Å². The van der Waals surface area contributed by atoms with Gasteiger partial charge in [0.1, 0.15) is 0 Å². The van der Waals surface area contributed by atoms with Crippen molar-refractivity contribution in [3.8, 4) is 0 Å². The zero-order valence-corrected chi connectivity index (χ0v) is 11.6. The number of sulfonamides is 1. The number of nitrogens with zero attached hydrogens (tertiary/aromatic N) is 1. The second-order valence-electron chi connectivity index (χ2n) is 3.96. The van der Waals surface area contributed by atoms with Crippen LogP contribution in [-0.2, 0) is 10.0 Å². The number of aromatic amines is 1. The lowest BCUT2D eigenvalue weighted by Gasteiger charge is -2.07. The van der Waals surface area contributed by atoms with E-state index < -0.39 is 10.0 Å². The van der Waals surface area contributed by atoms with E-state index in [0.717, 1.165) is 0 Å². The first kappa shape index (κ1) is 14.1. The molecule has 1 aromatic carbocycles. The van der Waals surface area contributed by atoms with Crippen LogP contribution in [0.5, 0.6) is 0 Å². The van der Waals surface area contributed by atoms with Crippen LogP contribution in [-0.4, -0.2) is 31.1 Å². The molecule has 2 rings (SSSR count). The molecule has 0 unspecified atom stereocenters. The number of rotatable bonds is 5. The van der Waals surface area contributed by atoms with Gasteiger partial charge in [-0.05, 0) is 37.3 Å². The van der Waals surface area contributed by atoms with E-state index in [2.05, 4.69) is 20.2 Å². The fourth-order valence-corrected chi connectivity index (χ4v) is 2.52. The Hall–Kier alpha value is -2.35. The molecule has 0 bridgehead atoms. The monoisotopic (exact) mass is 294 g/mol. The van der Waals surface area contributed by atoms with Crippen LogP contribution in [0.1, 0.15) is 17.3 Å². The lowest BCUT2D eigenvalue weighted by molar-refractivity contribution is 0.0956. The molecule has 2 aromatic rings. The molecular formula is C12H14N4O3S. The summed E-state index contributed by atoms with van der Waals surface area (Å²) in [5.74, 6) is -0.199. The normalized spacial score (nSPS) is 11.1. The third-order valence-corrected chi connectivity index (χ3v) is 3.81. The molecule has 0 fully saturated rings. The van der Waals surface area contributed by atoms with Crippen molar-refractivity contribution in [3.05, 3.63) is 42.1 Å². The Labute approximate surface area is 116 Å². The van der Waals surface area contributed by atoms with Gasteiger partial charge in [-0.3, -0.25) is 14.6 Å². The average molecular weight is 294 g/mol. The van der Waals surface area contributed by atoms with Crippen molar-refractivity contribution in [2.75, 3.05) is 11.3 Å². The fourth-order valence-electron chi connectivity index (χ4n) is 1.56. The maximum atomic E-state index is 11.9. The number of hydrogen-bond acceptors (Lipinski definition) is 4. The molecular weight excluding hydrogens is 280 g/mol. The summed E-state index contributed by atoms with van der Waals surface area (Å²) < 4.78 is 26.2. The molecule has 8 heteroatoms. The van der Waals surface area contributed by atoms with Crippen LogP contribution in [0.4, 0.5) is 5.69 Å². The van der Waals surface area contributed by atoms with E-state index in [1.165, 1.54) is 24.4 Å². The number of amides is 1. The summed E-state index contributed by atoms with van der Waals surface area (Å²) in [6.07, 6.45) is 1.35. The molecule has 1 heterocycles. The van der Waals surface area contributed by atoms with E-state index in [9.17, 15) is 13.2 Å². The Bertz CT molecular complexity index is 678. The number of benzene rings is 1. The molecule has 0 spiro atoms. The SMILES string of the molecule is CCNC(=O)c1ccc(NS(=O)(=O)c2ccn[nH]2)cc1. The van der Waals surface area contributed by atoms with Crippen LogP contribution < -0.4 is 10.0 Å². The third-order valence-electron chi connectivity index (χ3n) is 2.50. The summed E-state index contributed by atoms with van der Waals surface area (Å²) in [5.41, 5.74) is 0.837. The summed E-state index contributed by atoms with van der Waals surface area (Å²) in [4.78, 5) is 11.6. The van der Waals surface area contributed by atoms with Crippen LogP contribution in [0.3, 0.4) is 0 Å². The quantitative estimate of drug-likeness (QED) is 0.764. The van der Waals surface area contributed by atoms with Crippen molar-refractivity contribution < 1.29 is 13.2 Å². The second-order valence-corrected chi connectivity index (χ2v) is 5.61. The van der Waals surface area contributed by atoms with Gasteiger partial charge < -0.3 is 5.32 Å². The van der Waals surface area contributed by atoms with Crippen molar-refractivity contribution in [1.29, 1.82) is 0 Å². The molecule has 1 amide bonds. The highest BCUT2D eigenvalue weighted by Gasteiger charge is 2.15. The van der Waals surface area contributed by atoms with E-state index in [-0.39, 0.29) is 10.9 Å². The van der Waals surface area contributed by atoms with Gasteiger partial charge in [0.2, 0.25) is 0 Å². The molecule has 1 aromatic heterocycles. The van der Waals surface area contributed by atoms with Gasteiger partial charge in [0, 0.05) is 17.8 Å². The van der Waals surface area contributed by atoms with Crippen LogP contribution >= 0.6 is 0 Å². The number of carbonyl (C=O) groups is 1. The Morgan fingerprint density at radius 1 is 1.25 bits per heavy atom. The fraction of sp³-hybridized carbons (Fsp3) is 0.167. The van der Waals surface area contributed by atoms with Gasteiger partial charge in [-0.1, -0.05) is 0 Å². The summed E-state index contributed by atoms with van der Waals surface area (Å²) in [6, 6.07) is 7.51. The van der Waals surface area contributed by atoms with Crippen LogP contribution in [0.25, 0.3) is 0 Å². The maximum absolute atomic E-state index is 11.9. The number of nitrogens with one attached hydrogen (secondary N) is 3. The molecule has 7 nitrogen and oxygen atoms in total. The average Bonchev–Trinajstić information content (AvgIpc) is 2.94. The predicted octanol–water partition coefficient (Wildman–Crippen LogP) is 0.960. The first-order chi connectivity index (χ1) is 9.53. The van der Waals surface area contributed by atoms with Crippen molar-refractivity contribution in [1.82, 2.24) is 15.5 Å². The van der Waals surface area contributed by atoms with Crippen molar-refractivity contribution in [3.63, 3.8) is 0 Å². The molecule has 3 N–H and O–H groups in total. The second kappa shape index (κ2) is 5.74. The zero-order valence-electron chi connectivity index (χ0n) is 10.8. The molecule has 20 heavy (non-hydrogen) atoms. The first-order valence-electron chi connectivity index (χ1n) is 5.93. The summed E-state index contributed by atoms with van der Waals surface area (Å²) in [6.45, 7) is 2.36. The molecule has 0 aliphatic rings. The smallest absolute Gasteiger partial charge is 0.278 e. The minimum Gasteiger partial charge on any atom is -0.352 e. The van der Waals surface area contributed by atoms with E-state index in [1.54, 1.807) is 12.1 Å². The van der Waals surface area contributed by atoms with E-state index in [0.29, 0.717) is 17.8 Å². The summed E-state index contributed by atoms with van der Waals surface area (Å²) in [7, 11) is -3.68. The standard InChI is InChI=1S/C12H14N4O3S/c1-2-13-12(17)9-3-5-10(6-4-9)16-20(18,19)11-7-8-14-15-11/h3-8,16H,2H2,1H3,(H,13,17)(H,14,15). The largest absolute Gasteiger partial charge is 0.352 e.